The lowest BCUT2D eigenvalue weighted by molar-refractivity contribution is -0.117. The Bertz CT molecular complexity index is 924. The summed E-state index contributed by atoms with van der Waals surface area (Å²) >= 11 is 0. The molecule has 0 bridgehead atoms. The average molecular weight is 357 g/mol. The van der Waals surface area contributed by atoms with E-state index in [0.29, 0.717) is 12.1 Å². The predicted molar refractivity (Wildman–Crippen MR) is 104 cm³/mol. The molecule has 3 rings (SSSR count). The van der Waals surface area contributed by atoms with E-state index in [1.165, 1.54) is 0 Å². The normalized spacial score (nSPS) is 10.9. The molecule has 0 aliphatic carbocycles. The van der Waals surface area contributed by atoms with Gasteiger partial charge < -0.3 is 10.6 Å². The molecule has 0 spiro atoms. The van der Waals surface area contributed by atoms with Crippen molar-refractivity contribution < 1.29 is 9.59 Å². The van der Waals surface area contributed by atoms with Crippen molar-refractivity contribution in [1.82, 2.24) is 15.6 Å². The number of nitrogens with zero attached hydrogens (tertiary/aromatic N) is 1. The Hall–Kier alpha value is -3.73. The van der Waals surface area contributed by atoms with Gasteiger partial charge in [0.15, 0.2) is 0 Å². The van der Waals surface area contributed by atoms with E-state index in [0.717, 1.165) is 11.1 Å². The largest absolute Gasteiger partial charge is 0.347 e. The van der Waals surface area contributed by atoms with Crippen LogP contribution in [0.2, 0.25) is 0 Å². The monoisotopic (exact) mass is 357 g/mol. The first-order chi connectivity index (χ1) is 13.2. The van der Waals surface area contributed by atoms with Gasteiger partial charge in [-0.1, -0.05) is 54.6 Å². The summed E-state index contributed by atoms with van der Waals surface area (Å²) in [6.45, 7) is 0.366. The van der Waals surface area contributed by atoms with Crippen LogP contribution in [0.3, 0.4) is 0 Å². The molecular weight excluding hydrogens is 338 g/mol. The highest BCUT2D eigenvalue weighted by Gasteiger charge is 2.14. The zero-order valence-electron chi connectivity index (χ0n) is 14.6. The van der Waals surface area contributed by atoms with Crippen LogP contribution in [0.4, 0.5) is 0 Å². The van der Waals surface area contributed by atoms with Crippen molar-refractivity contribution in [2.45, 2.75) is 6.54 Å². The van der Waals surface area contributed by atoms with Crippen molar-refractivity contribution in [2.24, 2.45) is 0 Å². The number of aromatic nitrogens is 1. The van der Waals surface area contributed by atoms with E-state index in [9.17, 15) is 9.59 Å². The molecule has 2 aromatic carbocycles. The summed E-state index contributed by atoms with van der Waals surface area (Å²) in [4.78, 5) is 29.2. The van der Waals surface area contributed by atoms with Gasteiger partial charge in [-0.25, -0.2) is 0 Å². The van der Waals surface area contributed by atoms with Gasteiger partial charge in [0.2, 0.25) is 0 Å². The van der Waals surface area contributed by atoms with Crippen molar-refractivity contribution in [3.8, 4) is 0 Å². The Balaban J connectivity index is 1.78. The second-order valence-corrected chi connectivity index (χ2v) is 5.83. The lowest BCUT2D eigenvalue weighted by atomic mass is 10.2. The highest BCUT2D eigenvalue weighted by molar-refractivity contribution is 6.05. The zero-order chi connectivity index (χ0) is 18.9. The number of hydrogen-bond acceptors (Lipinski definition) is 3. The Morgan fingerprint density at radius 2 is 1.59 bits per heavy atom. The summed E-state index contributed by atoms with van der Waals surface area (Å²) in [6, 6.07) is 21.9. The van der Waals surface area contributed by atoms with Gasteiger partial charge in [0.25, 0.3) is 11.8 Å². The topological polar surface area (TPSA) is 71.1 Å². The molecule has 3 aromatic rings. The van der Waals surface area contributed by atoms with Gasteiger partial charge in [-0.3, -0.25) is 14.6 Å². The third-order valence-electron chi connectivity index (χ3n) is 3.82. The standard InChI is InChI=1S/C22H19N3O2/c26-21(19-11-5-2-6-12-19)25-20(14-18-10-7-13-23-15-18)22(27)24-16-17-8-3-1-4-9-17/h1-15H,16H2,(H,24,27)(H,25,26). The number of nitrogens with one attached hydrogen (secondary N) is 2. The molecule has 0 atom stereocenters. The minimum absolute atomic E-state index is 0.160. The summed E-state index contributed by atoms with van der Waals surface area (Å²) < 4.78 is 0. The fraction of sp³-hybridized carbons (Fsp3) is 0.0455. The van der Waals surface area contributed by atoms with E-state index in [2.05, 4.69) is 15.6 Å². The lowest BCUT2D eigenvalue weighted by Gasteiger charge is -2.11. The van der Waals surface area contributed by atoms with Crippen LogP contribution in [0.1, 0.15) is 21.5 Å². The van der Waals surface area contributed by atoms with Crippen LogP contribution in [0.25, 0.3) is 6.08 Å². The van der Waals surface area contributed by atoms with Gasteiger partial charge in [-0.15, -0.1) is 0 Å². The number of carbonyl (C=O) groups excluding carboxylic acids is 2. The minimum Gasteiger partial charge on any atom is -0.347 e. The Labute approximate surface area is 157 Å². The van der Waals surface area contributed by atoms with Gasteiger partial charge in [-0.2, -0.15) is 0 Å². The van der Waals surface area contributed by atoms with Crippen LogP contribution in [0, 0.1) is 0 Å². The summed E-state index contributed by atoms with van der Waals surface area (Å²) in [5.41, 5.74) is 2.33. The molecule has 1 heterocycles. The summed E-state index contributed by atoms with van der Waals surface area (Å²) in [6.07, 6.45) is 4.88. The van der Waals surface area contributed by atoms with E-state index in [4.69, 9.17) is 0 Å². The van der Waals surface area contributed by atoms with Crippen molar-refractivity contribution in [1.29, 1.82) is 0 Å². The second kappa shape index (κ2) is 9.10. The van der Waals surface area contributed by atoms with Crippen molar-refractivity contribution in [3.63, 3.8) is 0 Å². The number of hydrogen-bond donors (Lipinski definition) is 2. The molecule has 134 valence electrons. The molecular formula is C22H19N3O2. The second-order valence-electron chi connectivity index (χ2n) is 5.83. The van der Waals surface area contributed by atoms with Gasteiger partial charge in [0, 0.05) is 24.5 Å². The number of pyridine rings is 1. The van der Waals surface area contributed by atoms with Crippen LogP contribution in [0.5, 0.6) is 0 Å². The molecule has 1 aromatic heterocycles. The maximum absolute atomic E-state index is 12.7. The first kappa shape index (κ1) is 18.1. The first-order valence-electron chi connectivity index (χ1n) is 8.52. The van der Waals surface area contributed by atoms with E-state index in [1.54, 1.807) is 48.8 Å². The molecule has 27 heavy (non-hydrogen) atoms. The summed E-state index contributed by atoms with van der Waals surface area (Å²) in [5.74, 6) is -0.715. The Morgan fingerprint density at radius 3 is 2.26 bits per heavy atom. The summed E-state index contributed by atoms with van der Waals surface area (Å²) in [5, 5.41) is 5.53. The van der Waals surface area contributed by atoms with Crippen LogP contribution < -0.4 is 10.6 Å². The predicted octanol–water partition coefficient (Wildman–Crippen LogP) is 3.17. The first-order valence-corrected chi connectivity index (χ1v) is 8.52. The van der Waals surface area contributed by atoms with Gasteiger partial charge in [0.05, 0.1) is 0 Å². The molecule has 5 nitrogen and oxygen atoms in total. The number of benzene rings is 2. The number of carbonyl (C=O) groups is 2. The van der Waals surface area contributed by atoms with E-state index >= 15 is 0 Å². The average Bonchev–Trinajstić information content (AvgIpc) is 2.73. The SMILES string of the molecule is O=C(NCc1ccccc1)C(=Cc1cccnc1)NC(=O)c1ccccc1. The maximum Gasteiger partial charge on any atom is 0.268 e. The molecule has 5 heteroatoms. The lowest BCUT2D eigenvalue weighted by Crippen LogP contribution is -2.34. The number of rotatable bonds is 6. The van der Waals surface area contributed by atoms with E-state index in [-0.39, 0.29) is 17.5 Å². The van der Waals surface area contributed by atoms with E-state index in [1.807, 2.05) is 42.5 Å². The highest BCUT2D eigenvalue weighted by Crippen LogP contribution is 2.07. The highest BCUT2D eigenvalue weighted by atomic mass is 16.2. The third-order valence-corrected chi connectivity index (χ3v) is 3.82. The molecule has 0 saturated carbocycles. The maximum atomic E-state index is 12.7. The number of amides is 2. The fourth-order valence-corrected chi connectivity index (χ4v) is 2.44. The Morgan fingerprint density at radius 1 is 0.889 bits per heavy atom. The Kier molecular flexibility index (Phi) is 6.09. The van der Waals surface area contributed by atoms with Crippen molar-refractivity contribution in [2.75, 3.05) is 0 Å². The fourth-order valence-electron chi connectivity index (χ4n) is 2.44. The van der Waals surface area contributed by atoms with Crippen LogP contribution >= 0.6 is 0 Å². The van der Waals surface area contributed by atoms with Crippen molar-refractivity contribution in [3.05, 3.63) is 108 Å². The van der Waals surface area contributed by atoms with Gasteiger partial charge >= 0.3 is 0 Å². The molecule has 0 radical (unpaired) electrons. The van der Waals surface area contributed by atoms with E-state index < -0.39 is 0 Å². The molecule has 0 unspecified atom stereocenters. The molecule has 0 fully saturated rings. The molecule has 0 saturated heterocycles. The van der Waals surface area contributed by atoms with Crippen LogP contribution in [-0.2, 0) is 11.3 Å². The van der Waals surface area contributed by atoms with Crippen molar-refractivity contribution >= 4 is 17.9 Å². The molecule has 2 N–H and O–H groups in total. The van der Waals surface area contributed by atoms with Gasteiger partial charge in [0.1, 0.15) is 5.70 Å². The molecule has 2 amide bonds. The molecule has 0 aliphatic heterocycles. The minimum atomic E-state index is -0.369. The zero-order valence-corrected chi connectivity index (χ0v) is 14.6. The van der Waals surface area contributed by atoms with Crippen LogP contribution in [-0.4, -0.2) is 16.8 Å². The van der Waals surface area contributed by atoms with Crippen LogP contribution in [0.15, 0.2) is 90.9 Å². The third kappa shape index (κ3) is 5.37. The summed E-state index contributed by atoms with van der Waals surface area (Å²) in [7, 11) is 0. The quantitative estimate of drug-likeness (QED) is 0.666. The smallest absolute Gasteiger partial charge is 0.268 e. The molecule has 0 aliphatic rings. The van der Waals surface area contributed by atoms with Gasteiger partial charge in [-0.05, 0) is 35.4 Å².